The van der Waals surface area contributed by atoms with Crippen LogP contribution in [-0.2, 0) is 4.79 Å². The Morgan fingerprint density at radius 1 is 1.46 bits per heavy atom. The molecule has 6 heteroatoms. The Labute approximate surface area is 143 Å². The molecule has 2 heterocycles. The molecular weight excluding hydrogens is 306 g/mol. The third-order valence-corrected chi connectivity index (χ3v) is 4.18. The number of amides is 2. The summed E-state index contributed by atoms with van der Waals surface area (Å²) in [4.78, 5) is 30.5. The summed E-state index contributed by atoms with van der Waals surface area (Å²) in [5.74, 6) is 0.670. The molecule has 132 valence electrons. The van der Waals surface area contributed by atoms with Crippen LogP contribution in [0.3, 0.4) is 0 Å². The maximum absolute atomic E-state index is 12.8. The van der Waals surface area contributed by atoms with E-state index in [2.05, 4.69) is 10.3 Å². The van der Waals surface area contributed by atoms with Gasteiger partial charge in [-0.2, -0.15) is 0 Å². The Hall–Kier alpha value is -2.11. The lowest BCUT2D eigenvalue weighted by Gasteiger charge is -2.33. The number of hydrogen-bond donors (Lipinski definition) is 1. The maximum atomic E-state index is 12.8. The number of carbonyl (C=O) groups excluding carboxylic acids is 2. The van der Waals surface area contributed by atoms with Gasteiger partial charge in [0.15, 0.2) is 0 Å². The number of ether oxygens (including phenoxy) is 1. The van der Waals surface area contributed by atoms with Crippen LogP contribution in [0.5, 0.6) is 5.88 Å². The SMILES string of the molecule is CCOc1ncccc1C(=O)N1CCC[C@@H](CNC(=O)C(C)C)C1. The molecule has 1 saturated heterocycles. The molecule has 1 aromatic rings. The summed E-state index contributed by atoms with van der Waals surface area (Å²) >= 11 is 0. The number of likely N-dealkylation sites (tertiary alicyclic amines) is 1. The van der Waals surface area contributed by atoms with E-state index in [1.165, 1.54) is 0 Å². The predicted molar refractivity (Wildman–Crippen MR) is 91.9 cm³/mol. The molecule has 24 heavy (non-hydrogen) atoms. The van der Waals surface area contributed by atoms with E-state index >= 15 is 0 Å². The molecule has 0 spiro atoms. The maximum Gasteiger partial charge on any atom is 0.259 e. The average molecular weight is 333 g/mol. The van der Waals surface area contributed by atoms with Crippen molar-refractivity contribution in [3.05, 3.63) is 23.9 Å². The number of carbonyl (C=O) groups is 2. The second-order valence-corrected chi connectivity index (χ2v) is 6.45. The number of nitrogens with zero attached hydrogens (tertiary/aromatic N) is 2. The molecular formula is C18H27N3O3. The summed E-state index contributed by atoms with van der Waals surface area (Å²) in [5, 5.41) is 2.97. The molecule has 1 aromatic heterocycles. The first-order chi connectivity index (χ1) is 11.5. The third-order valence-electron chi connectivity index (χ3n) is 4.18. The minimum atomic E-state index is -0.0496. The summed E-state index contributed by atoms with van der Waals surface area (Å²) in [7, 11) is 0. The van der Waals surface area contributed by atoms with Crippen LogP contribution < -0.4 is 10.1 Å². The van der Waals surface area contributed by atoms with Crippen molar-refractivity contribution in [3.63, 3.8) is 0 Å². The summed E-state index contributed by atoms with van der Waals surface area (Å²) in [6.45, 7) is 8.10. The molecule has 2 rings (SSSR count). The largest absolute Gasteiger partial charge is 0.477 e. The fourth-order valence-corrected chi connectivity index (χ4v) is 2.84. The van der Waals surface area contributed by atoms with Crippen LogP contribution in [0.25, 0.3) is 0 Å². The quantitative estimate of drug-likeness (QED) is 0.865. The Morgan fingerprint density at radius 3 is 2.96 bits per heavy atom. The molecule has 6 nitrogen and oxygen atoms in total. The topological polar surface area (TPSA) is 71.5 Å². The van der Waals surface area contributed by atoms with Gasteiger partial charge in [0.05, 0.1) is 6.61 Å². The molecule has 1 atom stereocenters. The molecule has 2 amide bonds. The van der Waals surface area contributed by atoms with E-state index in [1.54, 1.807) is 18.3 Å². The highest BCUT2D eigenvalue weighted by molar-refractivity contribution is 5.96. The molecule has 1 aliphatic heterocycles. The molecule has 0 saturated carbocycles. The first-order valence-electron chi connectivity index (χ1n) is 8.67. The number of pyridine rings is 1. The molecule has 1 aliphatic rings. The van der Waals surface area contributed by atoms with Crippen molar-refractivity contribution in [1.82, 2.24) is 15.2 Å². The van der Waals surface area contributed by atoms with Crippen LogP contribution in [-0.4, -0.2) is 47.9 Å². The van der Waals surface area contributed by atoms with E-state index in [-0.39, 0.29) is 23.7 Å². The lowest BCUT2D eigenvalue weighted by atomic mass is 9.97. The van der Waals surface area contributed by atoms with Gasteiger partial charge in [-0.3, -0.25) is 9.59 Å². The Balaban J connectivity index is 1.99. The zero-order valence-corrected chi connectivity index (χ0v) is 14.7. The van der Waals surface area contributed by atoms with Gasteiger partial charge in [-0.05, 0) is 37.8 Å². The molecule has 0 bridgehead atoms. The van der Waals surface area contributed by atoms with Gasteiger partial charge < -0.3 is 15.0 Å². The molecule has 0 radical (unpaired) electrons. The lowest BCUT2D eigenvalue weighted by molar-refractivity contribution is -0.124. The van der Waals surface area contributed by atoms with Gasteiger partial charge in [-0.15, -0.1) is 0 Å². The van der Waals surface area contributed by atoms with Crippen LogP contribution in [0.4, 0.5) is 0 Å². The van der Waals surface area contributed by atoms with E-state index in [0.29, 0.717) is 31.1 Å². The fourth-order valence-electron chi connectivity index (χ4n) is 2.84. The van der Waals surface area contributed by atoms with Gasteiger partial charge in [-0.1, -0.05) is 13.8 Å². The summed E-state index contributed by atoms with van der Waals surface area (Å²) in [6.07, 6.45) is 3.59. The highest BCUT2D eigenvalue weighted by Gasteiger charge is 2.27. The highest BCUT2D eigenvalue weighted by atomic mass is 16.5. The minimum absolute atomic E-state index is 0.0181. The zero-order valence-electron chi connectivity index (χ0n) is 14.7. The lowest BCUT2D eigenvalue weighted by Crippen LogP contribution is -2.44. The first-order valence-corrected chi connectivity index (χ1v) is 8.67. The van der Waals surface area contributed by atoms with Crippen molar-refractivity contribution in [2.24, 2.45) is 11.8 Å². The first kappa shape index (κ1) is 18.2. The predicted octanol–water partition coefficient (Wildman–Crippen LogP) is 2.10. The molecule has 0 aromatic carbocycles. The van der Waals surface area contributed by atoms with Crippen molar-refractivity contribution in [2.75, 3.05) is 26.2 Å². The van der Waals surface area contributed by atoms with Crippen LogP contribution in [0.15, 0.2) is 18.3 Å². The van der Waals surface area contributed by atoms with E-state index in [1.807, 2.05) is 25.7 Å². The zero-order chi connectivity index (χ0) is 17.5. The van der Waals surface area contributed by atoms with Gasteiger partial charge in [0, 0.05) is 31.7 Å². The molecule has 0 aliphatic carbocycles. The number of piperidine rings is 1. The van der Waals surface area contributed by atoms with E-state index in [0.717, 1.165) is 19.4 Å². The van der Waals surface area contributed by atoms with E-state index < -0.39 is 0 Å². The number of hydrogen-bond acceptors (Lipinski definition) is 4. The summed E-state index contributed by atoms with van der Waals surface area (Å²) in [6, 6.07) is 3.50. The number of nitrogens with one attached hydrogen (secondary N) is 1. The second-order valence-electron chi connectivity index (χ2n) is 6.45. The van der Waals surface area contributed by atoms with E-state index in [9.17, 15) is 9.59 Å². The van der Waals surface area contributed by atoms with Gasteiger partial charge >= 0.3 is 0 Å². The fraction of sp³-hybridized carbons (Fsp3) is 0.611. The monoisotopic (exact) mass is 333 g/mol. The van der Waals surface area contributed by atoms with Crippen molar-refractivity contribution in [1.29, 1.82) is 0 Å². The van der Waals surface area contributed by atoms with Gasteiger partial charge in [0.2, 0.25) is 11.8 Å². The van der Waals surface area contributed by atoms with Gasteiger partial charge in [0.25, 0.3) is 5.91 Å². The van der Waals surface area contributed by atoms with Gasteiger partial charge in [-0.25, -0.2) is 4.98 Å². The minimum Gasteiger partial charge on any atom is -0.477 e. The Bertz CT molecular complexity index is 574. The average Bonchev–Trinajstić information content (AvgIpc) is 2.60. The normalized spacial score (nSPS) is 17.7. The van der Waals surface area contributed by atoms with Crippen LogP contribution >= 0.6 is 0 Å². The highest BCUT2D eigenvalue weighted by Crippen LogP contribution is 2.22. The van der Waals surface area contributed by atoms with Crippen LogP contribution in [0.1, 0.15) is 44.0 Å². The summed E-state index contributed by atoms with van der Waals surface area (Å²) < 4.78 is 5.47. The van der Waals surface area contributed by atoms with E-state index in [4.69, 9.17) is 4.74 Å². The number of rotatable bonds is 6. The van der Waals surface area contributed by atoms with Gasteiger partial charge in [0.1, 0.15) is 5.56 Å². The molecule has 1 fully saturated rings. The second kappa shape index (κ2) is 8.66. The van der Waals surface area contributed by atoms with Crippen molar-refractivity contribution >= 4 is 11.8 Å². The summed E-state index contributed by atoms with van der Waals surface area (Å²) in [5.41, 5.74) is 0.506. The van der Waals surface area contributed by atoms with Crippen molar-refractivity contribution < 1.29 is 14.3 Å². The van der Waals surface area contributed by atoms with Crippen LogP contribution in [0, 0.1) is 11.8 Å². The van der Waals surface area contributed by atoms with Crippen molar-refractivity contribution in [2.45, 2.75) is 33.6 Å². The molecule has 1 N–H and O–H groups in total. The smallest absolute Gasteiger partial charge is 0.259 e. The van der Waals surface area contributed by atoms with Crippen LogP contribution in [0.2, 0.25) is 0 Å². The Kier molecular flexibility index (Phi) is 6.58. The third kappa shape index (κ3) is 4.69. The standard InChI is InChI=1S/C18H27N3O3/c1-4-24-17-15(8-5-9-19-17)18(23)21-10-6-7-14(12-21)11-20-16(22)13(2)3/h5,8-9,13-14H,4,6-7,10-12H2,1-3H3,(H,20,22)/t14-/m0/s1. The number of aromatic nitrogens is 1. The van der Waals surface area contributed by atoms with Crippen molar-refractivity contribution in [3.8, 4) is 5.88 Å². The Morgan fingerprint density at radius 2 is 2.25 bits per heavy atom. The molecule has 0 unspecified atom stereocenters.